The summed E-state index contributed by atoms with van der Waals surface area (Å²) in [4.78, 5) is 8.61. The first kappa shape index (κ1) is 14.0. The van der Waals surface area contributed by atoms with Crippen LogP contribution in [-0.2, 0) is 4.74 Å². The summed E-state index contributed by atoms with van der Waals surface area (Å²) >= 11 is 5.74. The van der Waals surface area contributed by atoms with Crippen molar-refractivity contribution in [2.24, 2.45) is 0 Å². The molecule has 0 amide bonds. The lowest BCUT2D eigenvalue weighted by molar-refractivity contribution is 0.0320. The first-order valence-corrected chi connectivity index (χ1v) is 7.49. The zero-order valence-corrected chi connectivity index (χ0v) is 12.2. The first-order chi connectivity index (χ1) is 9.74. The third-order valence-electron chi connectivity index (χ3n) is 4.11. The zero-order valence-electron chi connectivity index (χ0n) is 11.4. The Labute approximate surface area is 123 Å². The molecule has 6 heteroatoms. The Kier molecular flexibility index (Phi) is 4.38. The fourth-order valence-electron chi connectivity index (χ4n) is 2.99. The van der Waals surface area contributed by atoms with E-state index in [1.807, 2.05) is 4.90 Å². The number of rotatable bonds is 2. The molecular formula is C14H19ClFN3O. The number of hydrogen-bond donors (Lipinski definition) is 0. The molecule has 1 aromatic heterocycles. The molecule has 0 N–H and O–H groups in total. The monoisotopic (exact) mass is 299 g/mol. The van der Waals surface area contributed by atoms with Gasteiger partial charge in [0.1, 0.15) is 0 Å². The van der Waals surface area contributed by atoms with E-state index in [2.05, 4.69) is 9.88 Å². The van der Waals surface area contributed by atoms with Gasteiger partial charge in [0.15, 0.2) is 11.6 Å². The molecule has 3 rings (SSSR count). The minimum atomic E-state index is -0.336. The molecule has 0 aliphatic carbocycles. The number of pyridine rings is 1. The molecule has 4 nitrogen and oxygen atoms in total. The van der Waals surface area contributed by atoms with Gasteiger partial charge in [-0.2, -0.15) is 0 Å². The molecule has 0 bridgehead atoms. The van der Waals surface area contributed by atoms with Crippen LogP contribution >= 0.6 is 11.6 Å². The van der Waals surface area contributed by atoms with Crippen molar-refractivity contribution in [3.05, 3.63) is 23.1 Å². The summed E-state index contributed by atoms with van der Waals surface area (Å²) in [6.07, 6.45) is 3.71. The SMILES string of the molecule is Fc1cc(Cl)cnc1N1CCN(C2CCOCC2)CC1. The highest BCUT2D eigenvalue weighted by Gasteiger charge is 2.26. The predicted molar refractivity (Wildman–Crippen MR) is 76.8 cm³/mol. The molecule has 2 aliphatic heterocycles. The number of anilines is 1. The molecule has 0 aromatic carbocycles. The van der Waals surface area contributed by atoms with Crippen molar-refractivity contribution in [2.75, 3.05) is 44.3 Å². The lowest BCUT2D eigenvalue weighted by Crippen LogP contribution is -2.52. The van der Waals surface area contributed by atoms with Crippen LogP contribution in [0.4, 0.5) is 10.2 Å². The summed E-state index contributed by atoms with van der Waals surface area (Å²) < 4.78 is 19.3. The van der Waals surface area contributed by atoms with Gasteiger partial charge in [-0.1, -0.05) is 11.6 Å². The van der Waals surface area contributed by atoms with Crippen LogP contribution in [0.2, 0.25) is 5.02 Å². The summed E-state index contributed by atoms with van der Waals surface area (Å²) in [7, 11) is 0. The van der Waals surface area contributed by atoms with E-state index < -0.39 is 0 Å². The van der Waals surface area contributed by atoms with Gasteiger partial charge in [0.05, 0.1) is 5.02 Å². The highest BCUT2D eigenvalue weighted by atomic mass is 35.5. The fourth-order valence-corrected chi connectivity index (χ4v) is 3.13. The van der Waals surface area contributed by atoms with E-state index in [1.54, 1.807) is 0 Å². The van der Waals surface area contributed by atoms with Gasteiger partial charge < -0.3 is 9.64 Å². The third-order valence-corrected chi connectivity index (χ3v) is 4.32. The molecule has 0 spiro atoms. The van der Waals surface area contributed by atoms with Crippen LogP contribution in [0.15, 0.2) is 12.3 Å². The normalized spacial score (nSPS) is 22.2. The average molecular weight is 300 g/mol. The molecule has 0 saturated carbocycles. The van der Waals surface area contributed by atoms with Gasteiger partial charge in [-0.3, -0.25) is 4.90 Å². The minimum absolute atomic E-state index is 0.336. The number of piperazine rings is 1. The molecule has 2 saturated heterocycles. The van der Waals surface area contributed by atoms with Crippen LogP contribution in [0, 0.1) is 5.82 Å². The molecule has 110 valence electrons. The molecule has 2 fully saturated rings. The van der Waals surface area contributed by atoms with E-state index in [9.17, 15) is 4.39 Å². The van der Waals surface area contributed by atoms with Crippen LogP contribution in [0.5, 0.6) is 0 Å². The molecule has 1 aromatic rings. The molecule has 20 heavy (non-hydrogen) atoms. The quantitative estimate of drug-likeness (QED) is 0.837. The highest BCUT2D eigenvalue weighted by molar-refractivity contribution is 6.30. The second-order valence-electron chi connectivity index (χ2n) is 5.33. The smallest absolute Gasteiger partial charge is 0.167 e. The number of halogens is 2. The van der Waals surface area contributed by atoms with Crippen molar-refractivity contribution in [3.8, 4) is 0 Å². The Morgan fingerprint density at radius 1 is 1.20 bits per heavy atom. The highest BCUT2D eigenvalue weighted by Crippen LogP contribution is 2.22. The van der Waals surface area contributed by atoms with Gasteiger partial charge >= 0.3 is 0 Å². The molecule has 0 radical (unpaired) electrons. The van der Waals surface area contributed by atoms with Crippen molar-refractivity contribution in [3.63, 3.8) is 0 Å². The second kappa shape index (κ2) is 6.24. The Morgan fingerprint density at radius 3 is 2.55 bits per heavy atom. The summed E-state index contributed by atoms with van der Waals surface area (Å²) in [6.45, 7) is 5.24. The van der Waals surface area contributed by atoms with Crippen molar-refractivity contribution < 1.29 is 9.13 Å². The Morgan fingerprint density at radius 2 is 1.90 bits per heavy atom. The Balaban J connectivity index is 1.60. The standard InChI is InChI=1S/C14H19ClFN3O/c15-11-9-13(16)14(17-10-11)19-5-3-18(4-6-19)12-1-7-20-8-2-12/h9-10,12H,1-8H2. The van der Waals surface area contributed by atoms with Crippen molar-refractivity contribution in [1.29, 1.82) is 0 Å². The maximum Gasteiger partial charge on any atom is 0.167 e. The molecule has 0 unspecified atom stereocenters. The summed E-state index contributed by atoms with van der Waals surface area (Å²) in [5.41, 5.74) is 0. The van der Waals surface area contributed by atoms with E-state index in [1.165, 1.54) is 12.3 Å². The van der Waals surface area contributed by atoms with Crippen molar-refractivity contribution in [2.45, 2.75) is 18.9 Å². The number of nitrogens with zero attached hydrogens (tertiary/aromatic N) is 3. The van der Waals surface area contributed by atoms with Gasteiger partial charge in [0.25, 0.3) is 0 Å². The van der Waals surface area contributed by atoms with Gasteiger partial charge in [-0.25, -0.2) is 9.37 Å². The number of hydrogen-bond acceptors (Lipinski definition) is 4. The van der Waals surface area contributed by atoms with Crippen molar-refractivity contribution >= 4 is 17.4 Å². The Bertz CT molecular complexity index is 460. The van der Waals surface area contributed by atoms with E-state index in [-0.39, 0.29) is 5.82 Å². The van der Waals surface area contributed by atoms with E-state index in [0.717, 1.165) is 52.2 Å². The third kappa shape index (κ3) is 3.05. The summed E-state index contributed by atoms with van der Waals surface area (Å²) in [5, 5.41) is 0.340. The fraction of sp³-hybridized carbons (Fsp3) is 0.643. The number of ether oxygens (including phenoxy) is 1. The maximum absolute atomic E-state index is 13.9. The Hall–Kier alpha value is -0.910. The van der Waals surface area contributed by atoms with E-state index >= 15 is 0 Å². The summed E-state index contributed by atoms with van der Waals surface area (Å²) in [5.74, 6) is 0.0815. The number of aromatic nitrogens is 1. The van der Waals surface area contributed by atoms with Crippen LogP contribution < -0.4 is 4.90 Å². The second-order valence-corrected chi connectivity index (χ2v) is 5.76. The average Bonchev–Trinajstić information content (AvgIpc) is 2.48. The lowest BCUT2D eigenvalue weighted by Gasteiger charge is -2.41. The molecule has 2 aliphatic rings. The molecule has 3 heterocycles. The van der Waals surface area contributed by atoms with Gasteiger partial charge in [0.2, 0.25) is 0 Å². The van der Waals surface area contributed by atoms with Gasteiger partial charge in [-0.15, -0.1) is 0 Å². The largest absolute Gasteiger partial charge is 0.381 e. The summed E-state index contributed by atoms with van der Waals surface area (Å²) in [6, 6.07) is 1.95. The lowest BCUT2D eigenvalue weighted by atomic mass is 10.1. The van der Waals surface area contributed by atoms with E-state index in [0.29, 0.717) is 16.9 Å². The molecular weight excluding hydrogens is 281 g/mol. The van der Waals surface area contributed by atoms with Crippen molar-refractivity contribution in [1.82, 2.24) is 9.88 Å². The zero-order chi connectivity index (χ0) is 13.9. The van der Waals surface area contributed by atoms with Gasteiger partial charge in [0, 0.05) is 51.6 Å². The maximum atomic E-state index is 13.9. The van der Waals surface area contributed by atoms with Crippen LogP contribution in [0.25, 0.3) is 0 Å². The first-order valence-electron chi connectivity index (χ1n) is 7.12. The van der Waals surface area contributed by atoms with Gasteiger partial charge in [-0.05, 0) is 18.9 Å². The van der Waals surface area contributed by atoms with Crippen LogP contribution in [-0.4, -0.2) is 55.3 Å². The van der Waals surface area contributed by atoms with Crippen LogP contribution in [0.1, 0.15) is 12.8 Å². The van der Waals surface area contributed by atoms with Crippen LogP contribution in [0.3, 0.4) is 0 Å². The van der Waals surface area contributed by atoms with E-state index in [4.69, 9.17) is 16.3 Å². The minimum Gasteiger partial charge on any atom is -0.381 e. The predicted octanol–water partition coefficient (Wildman–Crippen LogP) is 2.18. The topological polar surface area (TPSA) is 28.6 Å². The molecule has 0 atom stereocenters.